The van der Waals surface area contributed by atoms with E-state index in [-0.39, 0.29) is 12.6 Å². The molecule has 1 rings (SSSR count). The van der Waals surface area contributed by atoms with E-state index >= 15 is 0 Å². The predicted octanol–water partition coefficient (Wildman–Crippen LogP) is 2.38. The van der Waals surface area contributed by atoms with Crippen molar-refractivity contribution in [1.82, 2.24) is 0 Å². The summed E-state index contributed by atoms with van der Waals surface area (Å²) in [7, 11) is 0. The molecule has 0 saturated heterocycles. The number of nitrogens with two attached hydrogens (primary N) is 1. The summed E-state index contributed by atoms with van der Waals surface area (Å²) in [5, 5.41) is 9.89. The second-order valence-corrected chi connectivity index (χ2v) is 3.63. The van der Waals surface area contributed by atoms with Crippen molar-refractivity contribution in [2.24, 2.45) is 5.73 Å². The van der Waals surface area contributed by atoms with Crippen LogP contribution in [0.15, 0.2) is 18.2 Å². The molecule has 3 N–H and O–H groups in total. The van der Waals surface area contributed by atoms with Crippen molar-refractivity contribution in [3.8, 4) is 0 Å². The van der Waals surface area contributed by atoms with E-state index in [1.807, 2.05) is 0 Å². The molecule has 0 amide bonds. The zero-order valence-corrected chi connectivity index (χ0v) is 8.52. The van der Waals surface area contributed by atoms with E-state index in [1.165, 1.54) is 0 Å². The Kier molecular flexibility index (Phi) is 4.00. The van der Waals surface area contributed by atoms with Gasteiger partial charge in [-0.2, -0.15) is 0 Å². The molecule has 1 aromatic rings. The lowest BCUT2D eigenvalue weighted by atomic mass is 10.1. The van der Waals surface area contributed by atoms with Gasteiger partial charge in [-0.25, -0.2) is 0 Å². The summed E-state index contributed by atoms with van der Waals surface area (Å²) in [4.78, 5) is 0. The fourth-order valence-corrected chi connectivity index (χ4v) is 1.53. The Balaban J connectivity index is 2.91. The minimum absolute atomic E-state index is 0.0456. The largest absolute Gasteiger partial charge is 0.396 e. The predicted molar refractivity (Wildman–Crippen MR) is 55.1 cm³/mol. The smallest absolute Gasteiger partial charge is 0.0454 e. The van der Waals surface area contributed by atoms with Crippen LogP contribution in [0.2, 0.25) is 10.0 Å². The molecule has 72 valence electrons. The summed E-state index contributed by atoms with van der Waals surface area (Å²) in [5.74, 6) is 0. The SMILES string of the molecule is N[C@@H](CCO)c1cc(Cl)ccc1Cl. The summed E-state index contributed by atoms with van der Waals surface area (Å²) < 4.78 is 0. The van der Waals surface area contributed by atoms with Crippen LogP contribution in [0.3, 0.4) is 0 Å². The molecule has 0 aliphatic rings. The molecule has 4 heteroatoms. The molecule has 0 radical (unpaired) electrons. The Morgan fingerprint density at radius 1 is 1.38 bits per heavy atom. The van der Waals surface area contributed by atoms with Gasteiger partial charge in [0.05, 0.1) is 0 Å². The van der Waals surface area contributed by atoms with E-state index in [2.05, 4.69) is 0 Å². The molecule has 1 aromatic carbocycles. The van der Waals surface area contributed by atoms with Crippen LogP contribution in [0.4, 0.5) is 0 Å². The zero-order chi connectivity index (χ0) is 9.84. The Hall–Kier alpha value is -0.280. The number of hydrogen-bond donors (Lipinski definition) is 2. The molecule has 0 saturated carbocycles. The lowest BCUT2D eigenvalue weighted by molar-refractivity contribution is 0.276. The molecule has 2 nitrogen and oxygen atoms in total. The second-order valence-electron chi connectivity index (χ2n) is 2.78. The summed E-state index contributed by atoms with van der Waals surface area (Å²) in [5.41, 5.74) is 6.55. The number of aliphatic hydroxyl groups is 1. The van der Waals surface area contributed by atoms with Gasteiger partial charge in [0.25, 0.3) is 0 Å². The van der Waals surface area contributed by atoms with Crippen LogP contribution in [0, 0.1) is 0 Å². The molecule has 0 aliphatic heterocycles. The van der Waals surface area contributed by atoms with Crippen molar-refractivity contribution in [3.05, 3.63) is 33.8 Å². The first-order chi connectivity index (χ1) is 6.15. The first-order valence-corrected chi connectivity index (χ1v) is 4.72. The topological polar surface area (TPSA) is 46.2 Å². The van der Waals surface area contributed by atoms with Crippen LogP contribution in [-0.4, -0.2) is 11.7 Å². The minimum Gasteiger partial charge on any atom is -0.396 e. The summed E-state index contributed by atoms with van der Waals surface area (Å²) in [6.45, 7) is 0.0456. The molecule has 0 spiro atoms. The van der Waals surface area contributed by atoms with Gasteiger partial charge < -0.3 is 10.8 Å². The van der Waals surface area contributed by atoms with Gasteiger partial charge in [-0.05, 0) is 30.2 Å². The average Bonchev–Trinajstić information content (AvgIpc) is 2.09. The van der Waals surface area contributed by atoms with Gasteiger partial charge >= 0.3 is 0 Å². The van der Waals surface area contributed by atoms with Crippen LogP contribution in [0.25, 0.3) is 0 Å². The molecule has 13 heavy (non-hydrogen) atoms. The van der Waals surface area contributed by atoms with Gasteiger partial charge in [0.2, 0.25) is 0 Å². The van der Waals surface area contributed by atoms with Crippen molar-refractivity contribution in [2.75, 3.05) is 6.61 Å². The van der Waals surface area contributed by atoms with Crippen molar-refractivity contribution >= 4 is 23.2 Å². The maximum atomic E-state index is 8.70. The van der Waals surface area contributed by atoms with E-state index in [4.69, 9.17) is 34.0 Å². The Morgan fingerprint density at radius 2 is 2.08 bits per heavy atom. The van der Waals surface area contributed by atoms with Gasteiger partial charge in [0.1, 0.15) is 0 Å². The Bertz CT molecular complexity index is 291. The van der Waals surface area contributed by atoms with Crippen LogP contribution >= 0.6 is 23.2 Å². The van der Waals surface area contributed by atoms with Gasteiger partial charge in [0.15, 0.2) is 0 Å². The molecule has 0 aliphatic carbocycles. The summed E-state index contributed by atoms with van der Waals surface area (Å²) in [6.07, 6.45) is 0.486. The fourth-order valence-electron chi connectivity index (χ4n) is 1.09. The normalized spacial score (nSPS) is 12.9. The molecule has 1 atom stereocenters. The molecular weight excluding hydrogens is 209 g/mol. The van der Waals surface area contributed by atoms with Crippen molar-refractivity contribution in [3.63, 3.8) is 0 Å². The van der Waals surface area contributed by atoms with Crippen molar-refractivity contribution in [2.45, 2.75) is 12.5 Å². The second kappa shape index (κ2) is 4.82. The van der Waals surface area contributed by atoms with Crippen LogP contribution in [-0.2, 0) is 0 Å². The molecular formula is C9H11Cl2NO. The van der Waals surface area contributed by atoms with E-state index in [1.54, 1.807) is 18.2 Å². The lowest BCUT2D eigenvalue weighted by Crippen LogP contribution is -2.12. The minimum atomic E-state index is -0.254. The van der Waals surface area contributed by atoms with Crippen LogP contribution in [0.5, 0.6) is 0 Å². The zero-order valence-electron chi connectivity index (χ0n) is 7.00. The Labute approximate surface area is 87.3 Å². The molecule has 0 bridgehead atoms. The summed E-state index contributed by atoms with van der Waals surface area (Å²) in [6, 6.07) is 4.89. The number of aliphatic hydroxyl groups excluding tert-OH is 1. The third-order valence-electron chi connectivity index (χ3n) is 1.80. The van der Waals surface area contributed by atoms with E-state index < -0.39 is 0 Å². The van der Waals surface area contributed by atoms with E-state index in [0.29, 0.717) is 16.5 Å². The van der Waals surface area contributed by atoms with Gasteiger partial charge in [0, 0.05) is 22.7 Å². The Morgan fingerprint density at radius 3 is 2.69 bits per heavy atom. The number of benzene rings is 1. The first kappa shape index (κ1) is 10.8. The highest BCUT2D eigenvalue weighted by atomic mass is 35.5. The van der Waals surface area contributed by atoms with Gasteiger partial charge in [-0.1, -0.05) is 23.2 Å². The molecule has 0 unspecified atom stereocenters. The molecule has 0 heterocycles. The van der Waals surface area contributed by atoms with Crippen LogP contribution < -0.4 is 5.73 Å². The van der Waals surface area contributed by atoms with Crippen LogP contribution in [0.1, 0.15) is 18.0 Å². The maximum Gasteiger partial charge on any atom is 0.0454 e. The van der Waals surface area contributed by atoms with Gasteiger partial charge in [-0.3, -0.25) is 0 Å². The number of hydrogen-bond acceptors (Lipinski definition) is 2. The maximum absolute atomic E-state index is 8.70. The van der Waals surface area contributed by atoms with Crippen molar-refractivity contribution in [1.29, 1.82) is 0 Å². The first-order valence-electron chi connectivity index (χ1n) is 3.96. The fraction of sp³-hybridized carbons (Fsp3) is 0.333. The number of rotatable bonds is 3. The third kappa shape index (κ3) is 2.85. The summed E-state index contributed by atoms with van der Waals surface area (Å²) >= 11 is 11.7. The molecule has 0 fully saturated rings. The third-order valence-corrected chi connectivity index (χ3v) is 2.38. The molecule has 0 aromatic heterocycles. The highest BCUT2D eigenvalue weighted by molar-refractivity contribution is 6.33. The highest BCUT2D eigenvalue weighted by Gasteiger charge is 2.09. The van der Waals surface area contributed by atoms with E-state index in [9.17, 15) is 0 Å². The highest BCUT2D eigenvalue weighted by Crippen LogP contribution is 2.26. The average molecular weight is 220 g/mol. The lowest BCUT2D eigenvalue weighted by Gasteiger charge is -2.12. The number of halogens is 2. The van der Waals surface area contributed by atoms with Gasteiger partial charge in [-0.15, -0.1) is 0 Å². The standard InChI is InChI=1S/C9H11Cl2NO/c10-6-1-2-8(11)7(5-6)9(12)3-4-13/h1-2,5,9,13H,3-4,12H2/t9-/m0/s1. The monoisotopic (exact) mass is 219 g/mol. The van der Waals surface area contributed by atoms with E-state index in [0.717, 1.165) is 5.56 Å². The van der Waals surface area contributed by atoms with Crippen molar-refractivity contribution < 1.29 is 5.11 Å². The quantitative estimate of drug-likeness (QED) is 0.821.